The van der Waals surface area contributed by atoms with Crippen molar-refractivity contribution in [3.8, 4) is 5.75 Å². The van der Waals surface area contributed by atoms with E-state index in [0.29, 0.717) is 21.6 Å². The summed E-state index contributed by atoms with van der Waals surface area (Å²) in [5.74, 6) is 0.121. The molecule has 0 unspecified atom stereocenters. The van der Waals surface area contributed by atoms with Gasteiger partial charge in [-0.1, -0.05) is 11.6 Å². The van der Waals surface area contributed by atoms with Crippen LogP contribution in [0.25, 0.3) is 0 Å². The van der Waals surface area contributed by atoms with Gasteiger partial charge in [0.2, 0.25) is 0 Å². The maximum absolute atomic E-state index is 9.69. The summed E-state index contributed by atoms with van der Waals surface area (Å²) < 4.78 is 0.527. The van der Waals surface area contributed by atoms with Gasteiger partial charge in [0, 0.05) is 23.7 Å². The molecule has 0 saturated heterocycles. The van der Waals surface area contributed by atoms with E-state index in [1.807, 2.05) is 0 Å². The van der Waals surface area contributed by atoms with Crippen LogP contribution in [0.4, 0.5) is 0 Å². The van der Waals surface area contributed by atoms with Crippen LogP contribution >= 0.6 is 27.5 Å². The second kappa shape index (κ2) is 6.42. The highest BCUT2D eigenvalue weighted by atomic mass is 79.9. The number of rotatable bonds is 5. The van der Waals surface area contributed by atoms with E-state index in [1.165, 1.54) is 0 Å². The lowest BCUT2D eigenvalue weighted by Gasteiger charge is -2.11. The summed E-state index contributed by atoms with van der Waals surface area (Å²) in [4.78, 5) is 0. The van der Waals surface area contributed by atoms with Crippen LogP contribution in [0, 0.1) is 0 Å². The first-order chi connectivity index (χ1) is 7.54. The summed E-state index contributed by atoms with van der Waals surface area (Å²) in [5, 5.41) is 30.8. The number of nitrogens with one attached hydrogen (secondary N) is 1. The zero-order chi connectivity index (χ0) is 12.1. The van der Waals surface area contributed by atoms with E-state index >= 15 is 0 Å². The Morgan fingerprint density at radius 1 is 1.44 bits per heavy atom. The van der Waals surface area contributed by atoms with Crippen LogP contribution in [0.3, 0.4) is 0 Å². The molecule has 0 spiro atoms. The molecule has 0 aromatic heterocycles. The topological polar surface area (TPSA) is 72.7 Å². The first-order valence-corrected chi connectivity index (χ1v) is 5.88. The number of hydrogen-bond acceptors (Lipinski definition) is 4. The Bertz CT molecular complexity index is 362. The molecule has 4 N–H and O–H groups in total. The van der Waals surface area contributed by atoms with Gasteiger partial charge in [-0.15, -0.1) is 0 Å². The maximum atomic E-state index is 9.69. The molecule has 0 radical (unpaired) electrons. The fourth-order valence-corrected chi connectivity index (χ4v) is 2.07. The molecular weight excluding hydrogens is 297 g/mol. The first-order valence-electron chi connectivity index (χ1n) is 4.71. The van der Waals surface area contributed by atoms with Crippen LogP contribution in [-0.2, 0) is 6.54 Å². The minimum atomic E-state index is -0.801. The third-order valence-corrected chi connectivity index (χ3v) is 2.84. The molecule has 1 aromatic carbocycles. The normalized spacial score (nSPS) is 12.8. The van der Waals surface area contributed by atoms with Crippen molar-refractivity contribution in [2.45, 2.75) is 12.6 Å². The van der Waals surface area contributed by atoms with E-state index in [2.05, 4.69) is 21.2 Å². The van der Waals surface area contributed by atoms with E-state index in [1.54, 1.807) is 12.1 Å². The molecule has 16 heavy (non-hydrogen) atoms. The highest BCUT2D eigenvalue weighted by molar-refractivity contribution is 9.10. The van der Waals surface area contributed by atoms with E-state index < -0.39 is 6.10 Å². The van der Waals surface area contributed by atoms with Gasteiger partial charge >= 0.3 is 0 Å². The van der Waals surface area contributed by atoms with Crippen molar-refractivity contribution in [2.75, 3.05) is 13.2 Å². The van der Waals surface area contributed by atoms with Crippen LogP contribution < -0.4 is 5.32 Å². The van der Waals surface area contributed by atoms with Crippen molar-refractivity contribution in [2.24, 2.45) is 0 Å². The summed E-state index contributed by atoms with van der Waals surface area (Å²) in [7, 11) is 0. The number of halogens is 2. The zero-order valence-corrected chi connectivity index (χ0v) is 10.8. The maximum Gasteiger partial charge on any atom is 0.134 e. The molecule has 0 aliphatic carbocycles. The SMILES string of the molecule is OC[C@H](O)CNCc1cc(Cl)cc(Br)c1O. The van der Waals surface area contributed by atoms with Gasteiger partial charge in [-0.3, -0.25) is 0 Å². The number of benzene rings is 1. The molecule has 1 rings (SSSR count). The minimum absolute atomic E-state index is 0.121. The molecule has 1 atom stereocenters. The van der Waals surface area contributed by atoms with Crippen molar-refractivity contribution >= 4 is 27.5 Å². The summed E-state index contributed by atoms with van der Waals surface area (Å²) in [6, 6.07) is 3.24. The van der Waals surface area contributed by atoms with Gasteiger partial charge in [-0.25, -0.2) is 0 Å². The quantitative estimate of drug-likeness (QED) is 0.660. The molecule has 0 fully saturated rings. The van der Waals surface area contributed by atoms with E-state index in [-0.39, 0.29) is 18.9 Å². The lowest BCUT2D eigenvalue weighted by atomic mass is 10.2. The van der Waals surface area contributed by atoms with Gasteiger partial charge in [0.15, 0.2) is 0 Å². The van der Waals surface area contributed by atoms with Gasteiger partial charge in [-0.2, -0.15) is 0 Å². The summed E-state index contributed by atoms with van der Waals surface area (Å²) >= 11 is 9.01. The molecule has 6 heteroatoms. The van der Waals surface area contributed by atoms with E-state index in [0.717, 1.165) is 0 Å². The van der Waals surface area contributed by atoms with Gasteiger partial charge in [-0.05, 0) is 28.1 Å². The van der Waals surface area contributed by atoms with Crippen molar-refractivity contribution in [3.63, 3.8) is 0 Å². The number of phenols is 1. The molecule has 0 saturated carbocycles. The fraction of sp³-hybridized carbons (Fsp3) is 0.400. The van der Waals surface area contributed by atoms with Crippen molar-refractivity contribution in [3.05, 3.63) is 27.2 Å². The van der Waals surface area contributed by atoms with Gasteiger partial charge in [0.05, 0.1) is 17.2 Å². The zero-order valence-electron chi connectivity index (χ0n) is 8.45. The average Bonchev–Trinajstić information content (AvgIpc) is 2.24. The Morgan fingerprint density at radius 3 is 2.75 bits per heavy atom. The number of aromatic hydroxyl groups is 1. The number of hydrogen-bond donors (Lipinski definition) is 4. The first kappa shape index (κ1) is 13.7. The number of aliphatic hydroxyl groups is 2. The molecule has 0 bridgehead atoms. The molecule has 0 heterocycles. The third-order valence-electron chi connectivity index (χ3n) is 2.01. The summed E-state index contributed by atoms with van der Waals surface area (Å²) in [6.45, 7) is 0.320. The molecule has 90 valence electrons. The summed E-state index contributed by atoms with van der Waals surface area (Å²) in [6.07, 6.45) is -0.801. The summed E-state index contributed by atoms with van der Waals surface area (Å²) in [5.41, 5.74) is 0.629. The molecule has 4 nitrogen and oxygen atoms in total. The van der Waals surface area contributed by atoms with E-state index in [4.69, 9.17) is 21.8 Å². The van der Waals surface area contributed by atoms with Crippen LogP contribution in [0.15, 0.2) is 16.6 Å². The third kappa shape index (κ3) is 3.92. The Kier molecular flexibility index (Phi) is 5.51. The highest BCUT2D eigenvalue weighted by Crippen LogP contribution is 2.31. The van der Waals surface area contributed by atoms with E-state index in [9.17, 15) is 5.11 Å². The molecule has 0 amide bonds. The van der Waals surface area contributed by atoms with Gasteiger partial charge < -0.3 is 20.6 Å². The standard InChI is InChI=1S/C10H13BrClNO3/c11-9-2-7(12)1-6(10(9)16)3-13-4-8(15)5-14/h1-2,8,13-16H,3-5H2/t8-/m1/s1. The van der Waals surface area contributed by atoms with Crippen molar-refractivity contribution < 1.29 is 15.3 Å². The van der Waals surface area contributed by atoms with Crippen LogP contribution in [0.1, 0.15) is 5.56 Å². The van der Waals surface area contributed by atoms with Crippen LogP contribution in [0.5, 0.6) is 5.75 Å². The van der Waals surface area contributed by atoms with Crippen molar-refractivity contribution in [1.29, 1.82) is 0 Å². The second-order valence-electron chi connectivity index (χ2n) is 3.36. The van der Waals surface area contributed by atoms with Crippen LogP contribution in [0.2, 0.25) is 5.02 Å². The van der Waals surface area contributed by atoms with Crippen LogP contribution in [-0.4, -0.2) is 34.6 Å². The molecule has 0 aliphatic heterocycles. The smallest absolute Gasteiger partial charge is 0.134 e. The Labute approximate surface area is 107 Å². The highest BCUT2D eigenvalue weighted by Gasteiger charge is 2.08. The lowest BCUT2D eigenvalue weighted by Crippen LogP contribution is -2.28. The molecule has 0 aliphatic rings. The number of aliphatic hydroxyl groups excluding tert-OH is 2. The minimum Gasteiger partial charge on any atom is -0.506 e. The number of phenolic OH excluding ortho intramolecular Hbond substituents is 1. The van der Waals surface area contributed by atoms with Gasteiger partial charge in [0.25, 0.3) is 0 Å². The Balaban J connectivity index is 2.60. The Morgan fingerprint density at radius 2 is 2.12 bits per heavy atom. The van der Waals surface area contributed by atoms with Crippen molar-refractivity contribution in [1.82, 2.24) is 5.32 Å². The second-order valence-corrected chi connectivity index (χ2v) is 4.65. The largest absolute Gasteiger partial charge is 0.506 e. The fourth-order valence-electron chi connectivity index (χ4n) is 1.19. The predicted molar refractivity (Wildman–Crippen MR) is 65.6 cm³/mol. The molecule has 1 aromatic rings. The Hall–Kier alpha value is -0.330. The lowest BCUT2D eigenvalue weighted by molar-refractivity contribution is 0.0942. The monoisotopic (exact) mass is 309 g/mol. The van der Waals surface area contributed by atoms with Gasteiger partial charge in [0.1, 0.15) is 5.75 Å². The predicted octanol–water partition coefficient (Wildman–Crippen LogP) is 1.25. The molecular formula is C10H13BrClNO3. The average molecular weight is 311 g/mol.